The molecular formula is C40H48IrNO3-. The van der Waals surface area contributed by atoms with Gasteiger partial charge in [-0.1, -0.05) is 96.2 Å². The molecule has 5 heteroatoms. The van der Waals surface area contributed by atoms with Gasteiger partial charge in [0.1, 0.15) is 5.58 Å². The van der Waals surface area contributed by atoms with E-state index in [1.54, 1.807) is 0 Å². The molecule has 0 bridgehead atoms. The van der Waals surface area contributed by atoms with Crippen molar-refractivity contribution in [1.82, 2.24) is 4.98 Å². The summed E-state index contributed by atoms with van der Waals surface area (Å²) in [6.07, 6.45) is 5.45. The van der Waals surface area contributed by atoms with Crippen molar-refractivity contribution in [2.75, 3.05) is 0 Å². The first kappa shape index (κ1) is 36.2. The molecule has 0 atom stereocenters. The van der Waals surface area contributed by atoms with Gasteiger partial charge in [0.15, 0.2) is 5.78 Å². The van der Waals surface area contributed by atoms with Crippen LogP contribution in [0.1, 0.15) is 90.8 Å². The van der Waals surface area contributed by atoms with Gasteiger partial charge in [0, 0.05) is 50.6 Å². The van der Waals surface area contributed by atoms with Gasteiger partial charge in [0.2, 0.25) is 0 Å². The number of aliphatic hydroxyl groups excluding tert-OH is 1. The molecule has 4 nitrogen and oxygen atoms in total. The van der Waals surface area contributed by atoms with Gasteiger partial charge in [0.25, 0.3) is 0 Å². The molecule has 5 rings (SSSR count). The molecule has 2 heterocycles. The average Bonchev–Trinajstić information content (AvgIpc) is 3.29. The topological polar surface area (TPSA) is 63.3 Å². The van der Waals surface area contributed by atoms with Crippen molar-refractivity contribution >= 4 is 38.5 Å². The normalized spacial score (nSPS) is 12.0. The van der Waals surface area contributed by atoms with Crippen LogP contribution in [0.15, 0.2) is 71.0 Å². The van der Waals surface area contributed by atoms with Crippen molar-refractivity contribution in [3.63, 3.8) is 0 Å². The van der Waals surface area contributed by atoms with Gasteiger partial charge in [-0.3, -0.25) is 4.79 Å². The summed E-state index contributed by atoms with van der Waals surface area (Å²) in [5, 5.41) is 14.0. The van der Waals surface area contributed by atoms with Crippen LogP contribution in [0.25, 0.3) is 44.0 Å². The number of pyridine rings is 1. The zero-order valence-electron chi connectivity index (χ0n) is 28.2. The van der Waals surface area contributed by atoms with Gasteiger partial charge in [-0.25, -0.2) is 0 Å². The number of furan rings is 1. The number of nitrogens with zero attached hydrogens (tertiary/aromatic N) is 1. The molecule has 0 saturated heterocycles. The molecule has 45 heavy (non-hydrogen) atoms. The summed E-state index contributed by atoms with van der Waals surface area (Å²) in [6.45, 7) is 19.1. The van der Waals surface area contributed by atoms with Crippen molar-refractivity contribution in [2.45, 2.75) is 87.5 Å². The molecule has 0 unspecified atom stereocenters. The minimum Gasteiger partial charge on any atom is -0.512 e. The zero-order chi connectivity index (χ0) is 32.1. The molecule has 0 spiro atoms. The van der Waals surface area contributed by atoms with E-state index in [2.05, 4.69) is 89.2 Å². The van der Waals surface area contributed by atoms with Crippen molar-refractivity contribution < 1.29 is 34.4 Å². The fraction of sp³-hybridized carbons (Fsp3) is 0.400. The maximum absolute atomic E-state index is 11.2. The van der Waals surface area contributed by atoms with Gasteiger partial charge >= 0.3 is 0 Å². The predicted octanol–water partition coefficient (Wildman–Crippen LogP) is 11.3. The summed E-state index contributed by atoms with van der Waals surface area (Å²) in [6, 6.07) is 21.1. The van der Waals surface area contributed by atoms with Crippen molar-refractivity contribution in [3.8, 4) is 11.3 Å². The van der Waals surface area contributed by atoms with E-state index in [9.17, 15) is 9.90 Å². The van der Waals surface area contributed by atoms with Crippen LogP contribution in [-0.4, -0.2) is 15.9 Å². The van der Waals surface area contributed by atoms with Gasteiger partial charge < -0.3 is 14.5 Å². The molecule has 0 aliphatic carbocycles. The molecule has 1 N–H and O–H groups in total. The number of carbonyl (C=O) groups is 1. The Morgan fingerprint density at radius 1 is 0.867 bits per heavy atom. The van der Waals surface area contributed by atoms with E-state index in [0.717, 1.165) is 45.0 Å². The summed E-state index contributed by atoms with van der Waals surface area (Å²) < 4.78 is 6.38. The monoisotopic (exact) mass is 783 g/mol. The Labute approximate surface area is 282 Å². The van der Waals surface area contributed by atoms with Crippen LogP contribution >= 0.6 is 0 Å². The Hall–Kier alpha value is -3.27. The fourth-order valence-corrected chi connectivity index (χ4v) is 5.58. The Morgan fingerprint density at radius 3 is 2.22 bits per heavy atom. The predicted molar refractivity (Wildman–Crippen MR) is 185 cm³/mol. The van der Waals surface area contributed by atoms with Crippen molar-refractivity contribution in [2.24, 2.45) is 17.8 Å². The Kier molecular flexibility index (Phi) is 12.7. The number of aromatic nitrogens is 1. The maximum atomic E-state index is 11.2. The molecule has 0 aliphatic heterocycles. The van der Waals surface area contributed by atoms with E-state index >= 15 is 0 Å². The summed E-state index contributed by atoms with van der Waals surface area (Å²) in [5.74, 6) is 1.98. The van der Waals surface area contributed by atoms with Crippen LogP contribution in [0.2, 0.25) is 0 Å². The molecule has 0 amide bonds. The molecule has 2 aromatic heterocycles. The zero-order valence-corrected chi connectivity index (χ0v) is 30.6. The number of aliphatic hydroxyl groups is 1. The third-order valence-electron chi connectivity index (χ3n) is 7.56. The van der Waals surface area contributed by atoms with E-state index in [4.69, 9.17) is 9.40 Å². The SMILES string of the molecule is CC(C)CC(=O)/C=C(\O)CC(C)C.Cc1ccc2oc3c(-c4nccc5cc(CC(C)C)ccc45)[c-]c(C(C)C)cc3c2c1.[Ir]. The molecule has 0 aliphatic rings. The first-order valence-corrected chi connectivity index (χ1v) is 16.0. The van der Waals surface area contributed by atoms with Gasteiger partial charge in [-0.15, -0.1) is 17.7 Å². The largest absolute Gasteiger partial charge is 0.512 e. The van der Waals surface area contributed by atoms with E-state index in [0.29, 0.717) is 36.5 Å². The summed E-state index contributed by atoms with van der Waals surface area (Å²) in [5.41, 5.74) is 7.46. The van der Waals surface area contributed by atoms with Gasteiger partial charge in [-0.05, 0) is 77.2 Å². The van der Waals surface area contributed by atoms with Crippen LogP contribution < -0.4 is 0 Å². The summed E-state index contributed by atoms with van der Waals surface area (Å²) in [4.78, 5) is 16.0. The minimum atomic E-state index is 0. The Bertz CT molecular complexity index is 1790. The quantitative estimate of drug-likeness (QED) is 0.0919. The third-order valence-corrected chi connectivity index (χ3v) is 7.56. The van der Waals surface area contributed by atoms with E-state index < -0.39 is 0 Å². The van der Waals surface area contributed by atoms with E-state index in [1.807, 2.05) is 33.9 Å². The maximum Gasteiger partial charge on any atom is 0.159 e. The fourth-order valence-electron chi connectivity index (χ4n) is 5.58. The summed E-state index contributed by atoms with van der Waals surface area (Å²) >= 11 is 0. The number of allylic oxidation sites excluding steroid dienone is 2. The second-order valence-electron chi connectivity index (χ2n) is 13.7. The smallest absolute Gasteiger partial charge is 0.159 e. The van der Waals surface area contributed by atoms with Crippen LogP contribution in [0, 0.1) is 30.7 Å². The molecule has 241 valence electrons. The first-order valence-electron chi connectivity index (χ1n) is 16.0. The number of carbonyl (C=O) groups excluding carboxylic acids is 1. The van der Waals surface area contributed by atoms with Crippen molar-refractivity contribution in [1.29, 1.82) is 0 Å². The van der Waals surface area contributed by atoms with Crippen LogP contribution in [0.3, 0.4) is 0 Å². The number of fused-ring (bicyclic) bond motifs is 4. The van der Waals surface area contributed by atoms with E-state index in [-0.39, 0.29) is 31.6 Å². The van der Waals surface area contributed by atoms with Crippen LogP contribution in [0.4, 0.5) is 0 Å². The second kappa shape index (κ2) is 15.8. The second-order valence-corrected chi connectivity index (χ2v) is 13.7. The number of ketones is 1. The Balaban J connectivity index is 0.000000338. The standard InChI is InChI=1S/C29H28NO.C11H20O2.Ir/c1-17(2)12-20-7-8-23-21(14-20)10-11-30-28(23)26-16-22(18(3)4)15-25-24-13-19(5)6-9-27(24)31-29(25)26;1-8(2)5-10(12)7-11(13)6-9(3)4;/h6-11,13-15,17-18H,12H2,1-5H3;7-9,12H,5-6H2,1-4H3;/q-1;;/b;10-7-;. The van der Waals surface area contributed by atoms with E-state index in [1.165, 1.54) is 28.2 Å². The van der Waals surface area contributed by atoms with Gasteiger partial charge in [-0.2, -0.15) is 0 Å². The Morgan fingerprint density at radius 2 is 1.58 bits per heavy atom. The number of rotatable bonds is 9. The third kappa shape index (κ3) is 9.37. The average molecular weight is 783 g/mol. The summed E-state index contributed by atoms with van der Waals surface area (Å²) in [7, 11) is 0. The molecule has 1 radical (unpaired) electrons. The molecular weight excluding hydrogens is 735 g/mol. The molecule has 0 saturated carbocycles. The molecule has 5 aromatic rings. The number of hydrogen-bond donors (Lipinski definition) is 1. The van der Waals surface area contributed by atoms with Crippen LogP contribution in [0.5, 0.6) is 0 Å². The first-order chi connectivity index (χ1) is 20.8. The molecule has 3 aromatic carbocycles. The van der Waals surface area contributed by atoms with Gasteiger partial charge in [0.05, 0.1) is 11.3 Å². The number of hydrogen-bond acceptors (Lipinski definition) is 4. The van der Waals surface area contributed by atoms with Crippen molar-refractivity contribution in [3.05, 3.63) is 89.3 Å². The van der Waals surface area contributed by atoms with Crippen LogP contribution in [-0.2, 0) is 31.3 Å². The number of benzene rings is 3. The molecule has 0 fully saturated rings. The minimum absolute atomic E-state index is 0. The number of aryl methyl sites for hydroxylation is 1.